The zero-order chi connectivity index (χ0) is 24.7. The summed E-state index contributed by atoms with van der Waals surface area (Å²) in [6, 6.07) is 0. The van der Waals surface area contributed by atoms with Crippen molar-refractivity contribution in [2.45, 2.75) is 65.7 Å². The van der Waals surface area contributed by atoms with E-state index in [1.165, 1.54) is 65.0 Å². The van der Waals surface area contributed by atoms with Crippen molar-refractivity contribution in [3.8, 4) is 0 Å². The first-order valence-corrected chi connectivity index (χ1v) is 13.6. The van der Waals surface area contributed by atoms with Gasteiger partial charge < -0.3 is 23.7 Å². The molecule has 0 aliphatic carbocycles. The zero-order valence-corrected chi connectivity index (χ0v) is 22.5. The second-order valence-electron chi connectivity index (χ2n) is 11.3. The van der Waals surface area contributed by atoms with Gasteiger partial charge in [0.1, 0.15) is 11.6 Å². The van der Waals surface area contributed by atoms with E-state index in [1.54, 1.807) is 7.11 Å². The van der Waals surface area contributed by atoms with Crippen molar-refractivity contribution < 1.29 is 4.74 Å². The predicted octanol–water partition coefficient (Wildman–Crippen LogP) is 3.19. The Morgan fingerprint density at radius 2 is 1.51 bits per heavy atom. The molecule has 2 fully saturated rings. The quantitative estimate of drug-likeness (QED) is 0.434. The van der Waals surface area contributed by atoms with Crippen LogP contribution in [0.15, 0.2) is 24.8 Å². The van der Waals surface area contributed by atoms with Crippen molar-refractivity contribution in [3.05, 3.63) is 36.4 Å². The third kappa shape index (κ3) is 7.38. The largest absolute Gasteiger partial charge is 0.383 e. The number of ether oxygens (including phenoxy) is 1. The summed E-state index contributed by atoms with van der Waals surface area (Å²) in [5.74, 6) is 2.99. The van der Waals surface area contributed by atoms with Gasteiger partial charge in [-0.3, -0.25) is 4.90 Å². The highest BCUT2D eigenvalue weighted by atomic mass is 16.5. The summed E-state index contributed by atoms with van der Waals surface area (Å²) in [5.41, 5.74) is 0.589. The molecule has 2 aliphatic heterocycles. The second-order valence-corrected chi connectivity index (χ2v) is 11.3. The van der Waals surface area contributed by atoms with Crippen molar-refractivity contribution >= 4 is 0 Å². The van der Waals surface area contributed by atoms with Gasteiger partial charge in [-0.1, -0.05) is 13.8 Å². The molecule has 0 saturated carbocycles. The predicted molar refractivity (Wildman–Crippen MR) is 140 cm³/mol. The minimum atomic E-state index is 0.589. The molecule has 0 unspecified atom stereocenters. The number of aromatic nitrogens is 4. The third-order valence-electron chi connectivity index (χ3n) is 7.89. The van der Waals surface area contributed by atoms with E-state index in [0.717, 1.165) is 43.7 Å². The van der Waals surface area contributed by atoms with E-state index >= 15 is 0 Å². The minimum absolute atomic E-state index is 0.589. The summed E-state index contributed by atoms with van der Waals surface area (Å²) in [7, 11) is 3.88. The molecule has 196 valence electrons. The van der Waals surface area contributed by atoms with Gasteiger partial charge in [-0.15, -0.1) is 0 Å². The number of nitrogens with zero attached hydrogens (tertiary/aromatic N) is 7. The number of hydrogen-bond acceptors (Lipinski definition) is 6. The van der Waals surface area contributed by atoms with E-state index in [1.807, 2.05) is 18.6 Å². The van der Waals surface area contributed by atoms with Crippen LogP contribution in [0.1, 0.15) is 51.2 Å². The van der Waals surface area contributed by atoms with Crippen molar-refractivity contribution in [1.29, 1.82) is 0 Å². The lowest BCUT2D eigenvalue weighted by molar-refractivity contribution is 0.0989. The summed E-state index contributed by atoms with van der Waals surface area (Å²) in [4.78, 5) is 16.9. The van der Waals surface area contributed by atoms with Gasteiger partial charge in [-0.05, 0) is 70.2 Å². The first kappa shape index (κ1) is 26.3. The van der Waals surface area contributed by atoms with E-state index in [-0.39, 0.29) is 0 Å². The second kappa shape index (κ2) is 12.5. The monoisotopic (exact) mass is 485 g/mol. The number of likely N-dealkylation sites (tertiary alicyclic amines) is 2. The Morgan fingerprint density at radius 1 is 0.914 bits per heavy atom. The van der Waals surface area contributed by atoms with Gasteiger partial charge in [0.05, 0.1) is 19.7 Å². The van der Waals surface area contributed by atoms with Crippen LogP contribution in [0, 0.1) is 11.3 Å². The normalized spacial score (nSPS) is 19.0. The molecule has 8 nitrogen and oxygen atoms in total. The highest BCUT2D eigenvalue weighted by Crippen LogP contribution is 2.40. The lowest BCUT2D eigenvalue weighted by atomic mass is 9.77. The summed E-state index contributed by atoms with van der Waals surface area (Å²) in [6.07, 6.45) is 13.3. The van der Waals surface area contributed by atoms with Gasteiger partial charge in [0.2, 0.25) is 0 Å². The topological polar surface area (TPSA) is 54.6 Å². The van der Waals surface area contributed by atoms with Gasteiger partial charge in [-0.25, -0.2) is 9.97 Å². The molecule has 2 aliphatic rings. The van der Waals surface area contributed by atoms with Crippen molar-refractivity contribution in [1.82, 2.24) is 33.8 Å². The van der Waals surface area contributed by atoms with Crippen LogP contribution in [-0.2, 0) is 30.9 Å². The molecule has 2 saturated heterocycles. The average Bonchev–Trinajstić information content (AvgIpc) is 3.55. The van der Waals surface area contributed by atoms with Gasteiger partial charge in [0.15, 0.2) is 0 Å². The lowest BCUT2D eigenvalue weighted by Crippen LogP contribution is -2.42. The van der Waals surface area contributed by atoms with Crippen LogP contribution >= 0.6 is 0 Å². The average molecular weight is 486 g/mol. The molecule has 4 rings (SSSR count). The molecule has 2 aromatic heterocycles. The summed E-state index contributed by atoms with van der Waals surface area (Å²) >= 11 is 0. The molecule has 8 heteroatoms. The van der Waals surface area contributed by atoms with Crippen LogP contribution in [0.5, 0.6) is 0 Å². The molecule has 0 radical (unpaired) electrons. The van der Waals surface area contributed by atoms with E-state index in [4.69, 9.17) is 4.74 Å². The Morgan fingerprint density at radius 3 is 2.11 bits per heavy atom. The fraction of sp³-hybridized carbons (Fsp3) is 0.778. The Balaban J connectivity index is 1.19. The highest BCUT2D eigenvalue weighted by Gasteiger charge is 2.40. The first-order chi connectivity index (χ1) is 17.0. The van der Waals surface area contributed by atoms with Crippen molar-refractivity contribution in [2.75, 3.05) is 60.0 Å². The molecule has 0 bridgehead atoms. The first-order valence-electron chi connectivity index (χ1n) is 13.6. The van der Waals surface area contributed by atoms with Crippen LogP contribution in [0.2, 0.25) is 0 Å². The van der Waals surface area contributed by atoms with E-state index < -0.39 is 0 Å². The SMILES string of the molecule is COCCn1ccnc1CN(C)Cc1nccn1CCCN1CCC2(CCN(CC(C)C)CC2)C1. The number of hydrogen-bond donors (Lipinski definition) is 0. The van der Waals surface area contributed by atoms with Crippen LogP contribution in [0.3, 0.4) is 0 Å². The van der Waals surface area contributed by atoms with Gasteiger partial charge in [-0.2, -0.15) is 0 Å². The maximum atomic E-state index is 5.22. The molecular weight excluding hydrogens is 438 g/mol. The molecule has 0 amide bonds. The molecular formula is C27H47N7O. The Hall–Kier alpha value is -1.74. The number of piperidine rings is 1. The van der Waals surface area contributed by atoms with Gasteiger partial charge >= 0.3 is 0 Å². The zero-order valence-electron chi connectivity index (χ0n) is 22.5. The Kier molecular flexibility index (Phi) is 9.39. The van der Waals surface area contributed by atoms with Gasteiger partial charge in [0.25, 0.3) is 0 Å². The lowest BCUT2D eigenvalue weighted by Gasteiger charge is -2.40. The molecule has 0 atom stereocenters. The standard InChI is InChI=1S/C27H47N7O/c1-24(2)20-31-13-6-27(7-14-31)8-15-32(23-27)11-5-12-33-16-9-28-25(33)21-30(3)22-26-29-10-17-34(26)18-19-35-4/h9-10,16-17,24H,5-8,11-15,18-23H2,1-4H3. The number of rotatable bonds is 13. The number of aryl methyl sites for hydroxylation is 1. The maximum Gasteiger partial charge on any atom is 0.122 e. The summed E-state index contributed by atoms with van der Waals surface area (Å²) in [5, 5.41) is 0. The summed E-state index contributed by atoms with van der Waals surface area (Å²) in [6.45, 7) is 16.5. The molecule has 0 aromatic carbocycles. The molecule has 4 heterocycles. The molecule has 2 aromatic rings. The van der Waals surface area contributed by atoms with Crippen molar-refractivity contribution in [2.24, 2.45) is 11.3 Å². The fourth-order valence-electron chi connectivity index (χ4n) is 5.94. The van der Waals surface area contributed by atoms with Crippen LogP contribution in [-0.4, -0.2) is 93.8 Å². The number of methoxy groups -OCH3 is 1. The van der Waals surface area contributed by atoms with Crippen LogP contribution in [0.25, 0.3) is 0 Å². The van der Waals surface area contributed by atoms with Crippen LogP contribution < -0.4 is 0 Å². The van der Waals surface area contributed by atoms with Gasteiger partial charge in [0, 0.05) is 58.1 Å². The Labute approximate surface area is 212 Å². The van der Waals surface area contributed by atoms with Crippen molar-refractivity contribution in [3.63, 3.8) is 0 Å². The smallest absolute Gasteiger partial charge is 0.122 e. The minimum Gasteiger partial charge on any atom is -0.383 e. The van der Waals surface area contributed by atoms with E-state index in [9.17, 15) is 0 Å². The maximum absolute atomic E-state index is 5.22. The van der Waals surface area contributed by atoms with E-state index in [0.29, 0.717) is 12.0 Å². The fourth-order valence-corrected chi connectivity index (χ4v) is 5.94. The Bertz CT molecular complexity index is 884. The third-order valence-corrected chi connectivity index (χ3v) is 7.89. The summed E-state index contributed by atoms with van der Waals surface area (Å²) < 4.78 is 9.73. The highest BCUT2D eigenvalue weighted by molar-refractivity contribution is 4.97. The molecule has 0 N–H and O–H groups in total. The van der Waals surface area contributed by atoms with E-state index in [2.05, 4.69) is 60.9 Å². The molecule has 1 spiro atoms. The molecule has 35 heavy (non-hydrogen) atoms. The number of imidazole rings is 2. The van der Waals surface area contributed by atoms with Crippen LogP contribution in [0.4, 0.5) is 0 Å².